The molecule has 68 heavy (non-hydrogen) atoms. The molecule has 0 bridgehead atoms. The van der Waals surface area contributed by atoms with Gasteiger partial charge in [0.1, 0.15) is 79.3 Å². The van der Waals surface area contributed by atoms with Crippen LogP contribution < -0.4 is 21.1 Å². The summed E-state index contributed by atoms with van der Waals surface area (Å²) in [6, 6.07) is -3.12. The average molecular weight is 1070 g/mol. The number of hydrogen-bond donors (Lipinski definition) is 7. The third-order valence-corrected chi connectivity index (χ3v) is 11.3. The minimum atomic E-state index is -5.50. The Balaban J connectivity index is 0.00000386. The van der Waals surface area contributed by atoms with Crippen molar-refractivity contribution in [2.24, 2.45) is 5.41 Å². The molecule has 20 atom stereocenters. The molecule has 36 heteroatoms. The molecule has 4 rings (SSSR count). The van der Waals surface area contributed by atoms with Gasteiger partial charge in [0, 0.05) is 13.8 Å². The van der Waals surface area contributed by atoms with E-state index < -0.39 is 174 Å². The second-order valence-corrected chi connectivity index (χ2v) is 18.4. The lowest BCUT2D eigenvalue weighted by molar-refractivity contribution is -0.808. The van der Waals surface area contributed by atoms with Gasteiger partial charge in [0.05, 0.1) is 37.6 Å². The highest BCUT2D eigenvalue weighted by atomic mass is 32.3. The monoisotopic (exact) mass is 1070 g/mol. The predicted octanol–water partition coefficient (Wildman–Crippen LogP) is -8.55. The van der Waals surface area contributed by atoms with Crippen LogP contribution in [0.15, 0.2) is 0 Å². The third kappa shape index (κ3) is 17.1. The van der Waals surface area contributed by atoms with Crippen molar-refractivity contribution in [2.45, 2.75) is 171 Å². The molecule has 2 amide bonds. The molecule has 0 saturated carbocycles. The van der Waals surface area contributed by atoms with E-state index in [9.17, 15) is 71.6 Å². The lowest BCUT2D eigenvalue weighted by Crippen LogP contribution is -2.71. The SMILES string of the molecule is CC(=O)NC1C(OC2C(C)OC(OC3C(NC(C)=O)C(C(C)(C)C)OC(COS(=O)(=O)[O-])C3OO[O-])C(O)C2O)OC(COS(=O)(=O)[O-])C(OO[O-])C1OC1OC(C)C(O)C(O)C1O.O=S.O=S. The van der Waals surface area contributed by atoms with Gasteiger partial charge in [-0.05, 0) is 19.3 Å². The van der Waals surface area contributed by atoms with E-state index in [2.05, 4.69) is 54.1 Å². The molecule has 0 aliphatic carbocycles. The number of aliphatic hydroxyl groups is 5. The van der Waals surface area contributed by atoms with Gasteiger partial charge in [-0.1, -0.05) is 20.8 Å². The molecule has 4 saturated heterocycles. The molecule has 0 aromatic heterocycles. The number of rotatable bonds is 18. The highest BCUT2D eigenvalue weighted by Gasteiger charge is 2.57. The number of nitrogens with one attached hydrogen (secondary N) is 2. The normalized spacial score (nSPS) is 39.0. The van der Waals surface area contributed by atoms with Crippen LogP contribution in [0.25, 0.3) is 0 Å². The Morgan fingerprint density at radius 3 is 1.40 bits per heavy atom. The molecule has 4 aliphatic heterocycles. The maximum absolute atomic E-state index is 12.6. The van der Waals surface area contributed by atoms with Gasteiger partial charge in [0.15, 0.2) is 43.9 Å². The van der Waals surface area contributed by atoms with Crippen LogP contribution in [-0.4, -0.2) is 207 Å². The summed E-state index contributed by atoms with van der Waals surface area (Å²) in [5.74, 6) is -1.57. The maximum Gasteiger partial charge on any atom is 0.217 e. The summed E-state index contributed by atoms with van der Waals surface area (Å²) in [5, 5.41) is 89.4. The van der Waals surface area contributed by atoms with Crippen molar-refractivity contribution >= 4 is 57.7 Å². The number of carbonyl (C=O) groups excluding carboxylic acids is 2. The minimum Gasteiger partial charge on any atom is -0.726 e. The molecule has 4 aliphatic rings. The van der Waals surface area contributed by atoms with Crippen molar-refractivity contribution in [3.8, 4) is 0 Å². The molecule has 0 aromatic rings. The largest absolute Gasteiger partial charge is 0.726 e. The topological polar surface area (TPSA) is 474 Å². The Labute approximate surface area is 398 Å². The Hall–Kier alpha value is -2.00. The molecule has 32 nitrogen and oxygen atoms in total. The molecular weight excluding hydrogens is 1020 g/mol. The van der Waals surface area contributed by atoms with Gasteiger partial charge in [-0.25, -0.2) is 26.6 Å². The molecule has 4 fully saturated rings. The average Bonchev–Trinajstić information content (AvgIpc) is 3.24. The van der Waals surface area contributed by atoms with Gasteiger partial charge in [0.2, 0.25) is 32.6 Å². The zero-order chi connectivity index (χ0) is 52.2. The lowest BCUT2D eigenvalue weighted by Gasteiger charge is -2.52. The highest BCUT2D eigenvalue weighted by molar-refractivity contribution is 7.81. The Bertz CT molecular complexity index is 1800. The van der Waals surface area contributed by atoms with Crippen LogP contribution in [0.4, 0.5) is 0 Å². The first-order valence-electron chi connectivity index (χ1n) is 19.6. The standard InChI is InChI=1S/C32H56N2O28S2.2OS/c1-10-18(37)19(38)21(40)30(52-10)58-27-17(34-13(4)36)29(55-15(25(27)60-62-43)9-51-64(47,48)49)56-23-11(2)53-31(22(41)20(23)39)57-26-16(33-12(3)35)28(32(5,6)7)54-14(24(26)59-61-42)8-50-63(44,45)46;2*1-2/h10-11,14-31,37-43H,8-9H2,1-7H3,(H,33,35)(H,34,36)(H,44,45,46)(H,47,48,49);;/p-4. The van der Waals surface area contributed by atoms with Crippen LogP contribution in [0.1, 0.15) is 48.5 Å². The van der Waals surface area contributed by atoms with E-state index in [0.29, 0.717) is 0 Å². The number of amides is 2. The van der Waals surface area contributed by atoms with Crippen LogP contribution in [0, 0.1) is 5.41 Å². The van der Waals surface area contributed by atoms with E-state index in [0.717, 1.165) is 13.8 Å². The summed E-state index contributed by atoms with van der Waals surface area (Å²) in [6.07, 6.45) is -32.5. The van der Waals surface area contributed by atoms with Crippen LogP contribution in [0.2, 0.25) is 0 Å². The Morgan fingerprint density at radius 1 is 0.574 bits per heavy atom. The first kappa shape index (κ1) is 62.1. The summed E-state index contributed by atoms with van der Waals surface area (Å²) in [4.78, 5) is 34.7. The molecule has 0 radical (unpaired) electrons. The van der Waals surface area contributed by atoms with Crippen molar-refractivity contribution in [1.82, 2.24) is 10.6 Å². The first-order chi connectivity index (χ1) is 31.6. The second-order valence-electron chi connectivity index (χ2n) is 16.3. The molecule has 20 unspecified atom stereocenters. The zero-order valence-corrected chi connectivity index (χ0v) is 39.8. The summed E-state index contributed by atoms with van der Waals surface area (Å²) >= 11 is 5.67. The third-order valence-electron chi connectivity index (χ3n) is 10.4. The molecule has 398 valence electrons. The number of carbonyl (C=O) groups is 2. The predicted molar refractivity (Wildman–Crippen MR) is 205 cm³/mol. The fourth-order valence-corrected chi connectivity index (χ4v) is 8.20. The summed E-state index contributed by atoms with van der Waals surface area (Å²) in [7, 11) is -10.9. The fourth-order valence-electron chi connectivity index (χ4n) is 7.59. The number of hydrogen-bond acceptors (Lipinski definition) is 32. The van der Waals surface area contributed by atoms with E-state index in [1.54, 1.807) is 20.8 Å². The van der Waals surface area contributed by atoms with E-state index in [4.69, 9.17) is 51.4 Å². The molecule has 0 spiro atoms. The van der Waals surface area contributed by atoms with Crippen molar-refractivity contribution in [1.29, 1.82) is 0 Å². The van der Waals surface area contributed by atoms with Crippen LogP contribution in [-0.2, 0) is 117 Å². The van der Waals surface area contributed by atoms with Gasteiger partial charge in [0.25, 0.3) is 0 Å². The Morgan fingerprint density at radius 2 is 0.971 bits per heavy atom. The quantitative estimate of drug-likeness (QED) is 0.0290. The fraction of sp³-hybridized carbons (Fsp3) is 0.938. The van der Waals surface area contributed by atoms with Gasteiger partial charge < -0.3 is 88.9 Å². The molecular formula is C32H52N2O30S4-4. The Kier molecular flexibility index (Phi) is 24.8. The maximum atomic E-state index is 12.6. The van der Waals surface area contributed by atoms with E-state index >= 15 is 0 Å². The molecule has 7 N–H and O–H groups in total. The van der Waals surface area contributed by atoms with Crippen LogP contribution >= 0.6 is 0 Å². The smallest absolute Gasteiger partial charge is 0.217 e. The van der Waals surface area contributed by atoms with Crippen molar-refractivity contribution in [2.75, 3.05) is 13.2 Å². The first-order valence-corrected chi connectivity index (χ1v) is 22.9. The second kappa shape index (κ2) is 27.2. The summed E-state index contributed by atoms with van der Waals surface area (Å²) in [6.45, 7) is 7.16. The van der Waals surface area contributed by atoms with Crippen molar-refractivity contribution in [3.05, 3.63) is 0 Å². The van der Waals surface area contributed by atoms with Gasteiger partial charge in [-0.3, -0.25) is 28.0 Å². The lowest BCUT2D eigenvalue weighted by atomic mass is 9.78. The number of aliphatic hydroxyl groups excluding tert-OH is 5. The van der Waals surface area contributed by atoms with Crippen molar-refractivity contribution < 1.29 is 141 Å². The zero-order valence-electron chi connectivity index (χ0n) is 36.5. The highest BCUT2D eigenvalue weighted by Crippen LogP contribution is 2.39. The van der Waals surface area contributed by atoms with E-state index in [1.807, 2.05) is 0 Å². The van der Waals surface area contributed by atoms with Crippen LogP contribution in [0.3, 0.4) is 0 Å². The van der Waals surface area contributed by atoms with E-state index in [-0.39, 0.29) is 0 Å². The van der Waals surface area contributed by atoms with Gasteiger partial charge in [-0.2, -0.15) is 8.42 Å². The molecule has 0 aromatic carbocycles. The van der Waals surface area contributed by atoms with E-state index in [1.165, 1.54) is 13.8 Å². The van der Waals surface area contributed by atoms with Crippen LogP contribution in [0.5, 0.6) is 0 Å². The van der Waals surface area contributed by atoms with Gasteiger partial charge >= 0.3 is 0 Å². The van der Waals surface area contributed by atoms with Crippen molar-refractivity contribution in [3.63, 3.8) is 0 Å². The minimum absolute atomic E-state index is 0.690. The van der Waals surface area contributed by atoms with Gasteiger partial charge in [-0.15, -0.1) is 0 Å². The summed E-state index contributed by atoms with van der Waals surface area (Å²) in [5.41, 5.74) is -0.957. The summed E-state index contributed by atoms with van der Waals surface area (Å²) < 4.78 is 134. The number of ether oxygens (including phenoxy) is 7. The molecule has 4 heterocycles.